The number of nitrogens with zero attached hydrogens (tertiary/aromatic N) is 2. The van der Waals surface area contributed by atoms with Gasteiger partial charge in [0, 0.05) is 54.6 Å². The van der Waals surface area contributed by atoms with Crippen LogP contribution in [0, 0.1) is 0 Å². The van der Waals surface area contributed by atoms with Crippen LogP contribution < -0.4 is 9.80 Å². The van der Waals surface area contributed by atoms with Crippen LogP contribution in [0.5, 0.6) is 0 Å². The van der Waals surface area contributed by atoms with E-state index in [9.17, 15) is 0 Å². The molecule has 65 heavy (non-hydrogen) atoms. The van der Waals surface area contributed by atoms with Crippen molar-refractivity contribution < 1.29 is 4.42 Å². The average Bonchev–Trinajstić information content (AvgIpc) is 4.11. The number of thiophene rings is 1. The van der Waals surface area contributed by atoms with Crippen molar-refractivity contribution in [1.82, 2.24) is 0 Å². The van der Waals surface area contributed by atoms with Gasteiger partial charge in [-0.15, -0.1) is 11.3 Å². The van der Waals surface area contributed by atoms with Crippen molar-refractivity contribution in [2.75, 3.05) is 9.80 Å². The molecular formula is C61H38N2OS. The lowest BCUT2D eigenvalue weighted by molar-refractivity contribution is 0.669. The highest BCUT2D eigenvalue weighted by molar-refractivity contribution is 7.26. The first-order chi connectivity index (χ1) is 32.3. The van der Waals surface area contributed by atoms with Crippen molar-refractivity contribution in [3.05, 3.63) is 253 Å². The van der Waals surface area contributed by atoms with Crippen molar-refractivity contribution in [2.45, 2.75) is 5.41 Å². The standard InChI is InChI=1S/C61H38N2OS/c1-3-17-39(18-4-1)62(41-34-36-57-49(37-41)45-22-9-13-31-56(45)64-57)54-29-16-28-52-59(54)48-24-8-12-27-51(48)61(52)50-26-11-7-21-43(50)44-35-33-42(38-53(44)61)63(40-19-5-2-6-20-40)55-30-15-25-47-46-23-10-14-32-58(46)65-60(47)55/h1-38H. The molecule has 0 fully saturated rings. The van der Waals surface area contributed by atoms with Gasteiger partial charge in [0.05, 0.1) is 21.5 Å². The van der Waals surface area contributed by atoms with Gasteiger partial charge >= 0.3 is 0 Å². The van der Waals surface area contributed by atoms with Crippen molar-refractivity contribution in [2.24, 2.45) is 0 Å². The van der Waals surface area contributed by atoms with Gasteiger partial charge in [0.1, 0.15) is 11.2 Å². The molecule has 12 aromatic rings. The van der Waals surface area contributed by atoms with Crippen LogP contribution in [0.25, 0.3) is 64.4 Å². The molecule has 0 amide bonds. The highest BCUT2D eigenvalue weighted by Crippen LogP contribution is 2.65. The summed E-state index contributed by atoms with van der Waals surface area (Å²) in [4.78, 5) is 4.91. The fourth-order valence-corrected chi connectivity index (χ4v) is 12.5. The van der Waals surface area contributed by atoms with Crippen LogP contribution >= 0.6 is 11.3 Å². The molecule has 304 valence electrons. The number of hydrogen-bond acceptors (Lipinski definition) is 4. The van der Waals surface area contributed by atoms with E-state index in [0.717, 1.165) is 50.4 Å². The van der Waals surface area contributed by atoms with Crippen LogP contribution in [0.3, 0.4) is 0 Å². The largest absolute Gasteiger partial charge is 0.456 e. The lowest BCUT2D eigenvalue weighted by atomic mass is 9.70. The van der Waals surface area contributed by atoms with E-state index in [2.05, 4.69) is 234 Å². The molecule has 2 aliphatic rings. The number of para-hydroxylation sites is 3. The molecule has 10 aromatic carbocycles. The van der Waals surface area contributed by atoms with Crippen molar-refractivity contribution in [1.29, 1.82) is 0 Å². The van der Waals surface area contributed by atoms with E-state index in [1.54, 1.807) is 0 Å². The Bertz CT molecular complexity index is 3870. The predicted molar refractivity (Wildman–Crippen MR) is 272 cm³/mol. The zero-order valence-electron chi connectivity index (χ0n) is 35.2. The summed E-state index contributed by atoms with van der Waals surface area (Å²) in [5, 5.41) is 4.79. The zero-order chi connectivity index (χ0) is 42.6. The number of furan rings is 1. The Morgan fingerprint density at radius 1 is 0.338 bits per heavy atom. The summed E-state index contributed by atoms with van der Waals surface area (Å²) in [5.74, 6) is 0. The normalized spacial score (nSPS) is 14.5. The maximum Gasteiger partial charge on any atom is 0.135 e. The Morgan fingerprint density at radius 2 is 0.892 bits per heavy atom. The molecule has 14 rings (SSSR count). The lowest BCUT2D eigenvalue weighted by Crippen LogP contribution is -2.26. The van der Waals surface area contributed by atoms with Crippen molar-refractivity contribution in [3.63, 3.8) is 0 Å². The van der Waals surface area contributed by atoms with Gasteiger partial charge in [-0.3, -0.25) is 0 Å². The molecule has 1 spiro atoms. The first-order valence-electron chi connectivity index (χ1n) is 22.3. The molecule has 4 heteroatoms. The Balaban J connectivity index is 1.03. The number of anilines is 6. The van der Waals surface area contributed by atoms with E-state index >= 15 is 0 Å². The van der Waals surface area contributed by atoms with Crippen molar-refractivity contribution >= 4 is 87.6 Å². The van der Waals surface area contributed by atoms with Gasteiger partial charge in [0.2, 0.25) is 0 Å². The summed E-state index contributed by atoms with van der Waals surface area (Å²) in [6.07, 6.45) is 0. The van der Waals surface area contributed by atoms with E-state index in [1.165, 1.54) is 70.4 Å². The number of benzene rings is 10. The van der Waals surface area contributed by atoms with Crippen LogP contribution in [0.1, 0.15) is 22.3 Å². The second-order valence-corrected chi connectivity index (χ2v) is 18.2. The first-order valence-corrected chi connectivity index (χ1v) is 23.1. The second-order valence-electron chi connectivity index (χ2n) is 17.1. The summed E-state index contributed by atoms with van der Waals surface area (Å²) in [7, 11) is 0. The quantitative estimate of drug-likeness (QED) is 0.166. The molecule has 2 aromatic heterocycles. The molecule has 2 heterocycles. The van der Waals surface area contributed by atoms with E-state index in [1.807, 2.05) is 17.4 Å². The summed E-state index contributed by atoms with van der Waals surface area (Å²) in [5.41, 5.74) is 18.1. The molecular weight excluding hydrogens is 809 g/mol. The monoisotopic (exact) mass is 846 g/mol. The van der Waals surface area contributed by atoms with Crippen LogP contribution in [-0.2, 0) is 5.41 Å². The van der Waals surface area contributed by atoms with E-state index in [0.29, 0.717) is 0 Å². The first kappa shape index (κ1) is 36.3. The van der Waals surface area contributed by atoms with Gasteiger partial charge in [-0.25, -0.2) is 0 Å². The summed E-state index contributed by atoms with van der Waals surface area (Å²) < 4.78 is 8.92. The lowest BCUT2D eigenvalue weighted by Gasteiger charge is -2.33. The third-order valence-electron chi connectivity index (χ3n) is 13.8. The van der Waals surface area contributed by atoms with E-state index in [-0.39, 0.29) is 0 Å². The molecule has 2 aliphatic carbocycles. The fraction of sp³-hybridized carbons (Fsp3) is 0.0164. The van der Waals surface area contributed by atoms with Crippen LogP contribution in [0.4, 0.5) is 34.1 Å². The third kappa shape index (κ3) is 5.11. The summed E-state index contributed by atoms with van der Waals surface area (Å²) in [6.45, 7) is 0. The van der Waals surface area contributed by atoms with Crippen LogP contribution in [0.2, 0.25) is 0 Å². The van der Waals surface area contributed by atoms with Gasteiger partial charge in [0.15, 0.2) is 0 Å². The predicted octanol–water partition coefficient (Wildman–Crippen LogP) is 17.2. The molecule has 0 bridgehead atoms. The molecule has 0 N–H and O–H groups in total. The molecule has 1 unspecified atom stereocenters. The van der Waals surface area contributed by atoms with E-state index in [4.69, 9.17) is 4.42 Å². The minimum absolute atomic E-state index is 0.580. The molecule has 0 saturated carbocycles. The molecule has 0 saturated heterocycles. The fourth-order valence-electron chi connectivity index (χ4n) is 11.3. The second kappa shape index (κ2) is 13.9. The molecule has 3 nitrogen and oxygen atoms in total. The van der Waals surface area contributed by atoms with Crippen LogP contribution in [-0.4, -0.2) is 0 Å². The Morgan fingerprint density at radius 3 is 1.71 bits per heavy atom. The highest BCUT2D eigenvalue weighted by atomic mass is 32.1. The van der Waals surface area contributed by atoms with Gasteiger partial charge in [-0.1, -0.05) is 152 Å². The maximum absolute atomic E-state index is 6.35. The topological polar surface area (TPSA) is 19.6 Å². The smallest absolute Gasteiger partial charge is 0.135 e. The van der Waals surface area contributed by atoms with Gasteiger partial charge in [0.25, 0.3) is 0 Å². The Labute approximate surface area is 380 Å². The van der Waals surface area contributed by atoms with Crippen LogP contribution in [0.15, 0.2) is 235 Å². The minimum atomic E-state index is -0.580. The maximum atomic E-state index is 6.35. The highest BCUT2D eigenvalue weighted by Gasteiger charge is 2.52. The molecule has 0 aliphatic heterocycles. The van der Waals surface area contributed by atoms with Gasteiger partial charge in [-0.2, -0.15) is 0 Å². The minimum Gasteiger partial charge on any atom is -0.456 e. The molecule has 1 atom stereocenters. The number of rotatable bonds is 6. The average molecular weight is 847 g/mol. The summed E-state index contributed by atoms with van der Waals surface area (Å²) in [6, 6.07) is 84.6. The molecule has 0 radical (unpaired) electrons. The van der Waals surface area contributed by atoms with Gasteiger partial charge < -0.3 is 14.2 Å². The SMILES string of the molecule is c1ccc(N(c2ccc3oc4ccccc4c3c2)c2cccc3c2-c2ccccc2C32c3ccccc3-c3ccc(N(c4ccccc4)c4cccc5c4sc4ccccc45)cc32)cc1. The number of hydrogen-bond donors (Lipinski definition) is 0. The van der Waals surface area contributed by atoms with Gasteiger partial charge in [-0.05, 0) is 118 Å². The van der Waals surface area contributed by atoms with Crippen molar-refractivity contribution in [3.8, 4) is 22.3 Å². The van der Waals surface area contributed by atoms with E-state index < -0.39 is 5.41 Å². The Kier molecular flexibility index (Phi) is 7.77. The third-order valence-corrected chi connectivity index (χ3v) is 15.1. The summed E-state index contributed by atoms with van der Waals surface area (Å²) >= 11 is 1.87. The Hall–Kier alpha value is -8.18. The zero-order valence-corrected chi connectivity index (χ0v) is 36.0. The number of fused-ring (bicyclic) bond motifs is 16.